The Kier molecular flexibility index (Phi) is 6.18. The summed E-state index contributed by atoms with van der Waals surface area (Å²) in [6.45, 7) is 2.46. The summed E-state index contributed by atoms with van der Waals surface area (Å²) in [4.78, 5) is 36.4. The van der Waals surface area contributed by atoms with Crippen molar-refractivity contribution in [3.8, 4) is 0 Å². The lowest BCUT2D eigenvalue weighted by atomic mass is 10.2. The summed E-state index contributed by atoms with van der Waals surface area (Å²) in [5.74, 6) is -1.69. The molecule has 0 bridgehead atoms. The van der Waals surface area contributed by atoms with Crippen molar-refractivity contribution in [2.24, 2.45) is 0 Å². The second-order valence-electron chi connectivity index (χ2n) is 6.77. The van der Waals surface area contributed by atoms with Gasteiger partial charge in [-0.05, 0) is 42.5 Å². The molecule has 10 heteroatoms. The first kappa shape index (κ1) is 21.5. The Bertz CT molecular complexity index is 1070. The van der Waals surface area contributed by atoms with Crippen LogP contribution in [0.2, 0.25) is 0 Å². The number of benzene rings is 2. The number of hydrogen-bond donors (Lipinski definition) is 2. The summed E-state index contributed by atoms with van der Waals surface area (Å²) in [6, 6.07) is 11.3. The van der Waals surface area contributed by atoms with E-state index in [0.717, 1.165) is 0 Å². The van der Waals surface area contributed by atoms with Crippen LogP contribution in [-0.2, 0) is 14.8 Å². The van der Waals surface area contributed by atoms with Gasteiger partial charge in [0.2, 0.25) is 15.9 Å². The summed E-state index contributed by atoms with van der Waals surface area (Å²) >= 11 is 0. The maximum absolute atomic E-state index is 12.9. The number of carboxylic acids is 1. The predicted molar refractivity (Wildman–Crippen MR) is 109 cm³/mol. The lowest BCUT2D eigenvalue weighted by molar-refractivity contribution is -0.129. The van der Waals surface area contributed by atoms with Crippen LogP contribution >= 0.6 is 0 Å². The van der Waals surface area contributed by atoms with E-state index in [9.17, 15) is 22.8 Å². The zero-order chi connectivity index (χ0) is 21.9. The van der Waals surface area contributed by atoms with Crippen LogP contribution in [-0.4, -0.2) is 66.7 Å². The van der Waals surface area contributed by atoms with E-state index in [-0.39, 0.29) is 35.0 Å². The first-order chi connectivity index (χ1) is 14.2. The number of aromatic carboxylic acids is 1. The molecule has 9 nitrogen and oxygen atoms in total. The molecule has 0 aliphatic carbocycles. The zero-order valence-electron chi connectivity index (χ0n) is 16.2. The normalized spacial score (nSPS) is 14.9. The standard InChI is InChI=1S/C20H21N3O6S/c1-14(24)22-9-11-23(12-10-22)30(28,29)18-4-2-3-16(13-18)19(25)21-17-7-5-15(6-8-17)20(26)27/h2-8,13H,9-12H2,1H3,(H,21,25)(H,26,27). The van der Waals surface area contributed by atoms with Gasteiger partial charge in [-0.25, -0.2) is 13.2 Å². The van der Waals surface area contributed by atoms with E-state index < -0.39 is 21.9 Å². The van der Waals surface area contributed by atoms with Crippen molar-refractivity contribution >= 4 is 33.5 Å². The van der Waals surface area contributed by atoms with Gasteiger partial charge in [0, 0.05) is 44.4 Å². The first-order valence-electron chi connectivity index (χ1n) is 9.19. The molecule has 3 rings (SSSR count). The summed E-state index contributed by atoms with van der Waals surface area (Å²) in [5.41, 5.74) is 0.630. The third kappa shape index (κ3) is 4.66. The van der Waals surface area contributed by atoms with Gasteiger partial charge in [-0.2, -0.15) is 4.31 Å². The van der Waals surface area contributed by atoms with Gasteiger partial charge in [0.05, 0.1) is 10.5 Å². The Morgan fingerprint density at radius 3 is 2.13 bits per heavy atom. The average Bonchev–Trinajstić information content (AvgIpc) is 2.74. The quantitative estimate of drug-likeness (QED) is 0.739. The molecule has 1 heterocycles. The molecule has 0 aromatic heterocycles. The summed E-state index contributed by atoms with van der Waals surface area (Å²) in [6.07, 6.45) is 0. The van der Waals surface area contributed by atoms with Crippen molar-refractivity contribution in [3.63, 3.8) is 0 Å². The number of anilines is 1. The van der Waals surface area contributed by atoms with Crippen LogP contribution in [0, 0.1) is 0 Å². The summed E-state index contributed by atoms with van der Waals surface area (Å²) < 4.78 is 27.2. The van der Waals surface area contributed by atoms with Crippen LogP contribution in [0.15, 0.2) is 53.4 Å². The number of nitrogens with one attached hydrogen (secondary N) is 1. The van der Waals surface area contributed by atoms with Gasteiger partial charge in [0.15, 0.2) is 0 Å². The highest BCUT2D eigenvalue weighted by Crippen LogP contribution is 2.20. The molecule has 2 aromatic carbocycles. The first-order valence-corrected chi connectivity index (χ1v) is 10.6. The minimum absolute atomic E-state index is 0.00681. The SMILES string of the molecule is CC(=O)N1CCN(S(=O)(=O)c2cccc(C(=O)Nc3ccc(C(=O)O)cc3)c2)CC1. The van der Waals surface area contributed by atoms with Gasteiger partial charge < -0.3 is 15.3 Å². The third-order valence-electron chi connectivity index (χ3n) is 4.81. The predicted octanol–water partition coefficient (Wildman–Crippen LogP) is 1.49. The fourth-order valence-electron chi connectivity index (χ4n) is 3.09. The van der Waals surface area contributed by atoms with E-state index in [1.807, 2.05) is 0 Å². The Morgan fingerprint density at radius 1 is 0.933 bits per heavy atom. The number of piperazine rings is 1. The number of nitrogens with zero attached hydrogens (tertiary/aromatic N) is 2. The molecule has 30 heavy (non-hydrogen) atoms. The number of carboxylic acid groups (broad SMARTS) is 1. The van der Waals surface area contributed by atoms with Crippen LogP contribution in [0.5, 0.6) is 0 Å². The highest BCUT2D eigenvalue weighted by molar-refractivity contribution is 7.89. The third-order valence-corrected chi connectivity index (χ3v) is 6.70. The van der Waals surface area contributed by atoms with Crippen LogP contribution in [0.4, 0.5) is 5.69 Å². The average molecular weight is 431 g/mol. The molecule has 2 amide bonds. The van der Waals surface area contributed by atoms with Gasteiger partial charge >= 0.3 is 5.97 Å². The summed E-state index contributed by atoms with van der Waals surface area (Å²) in [7, 11) is -3.81. The fraction of sp³-hybridized carbons (Fsp3) is 0.250. The maximum atomic E-state index is 12.9. The van der Waals surface area contributed by atoms with Crippen molar-refractivity contribution < 1.29 is 27.9 Å². The van der Waals surface area contributed by atoms with Crippen molar-refractivity contribution in [2.45, 2.75) is 11.8 Å². The lowest BCUT2D eigenvalue weighted by Gasteiger charge is -2.33. The van der Waals surface area contributed by atoms with Crippen LogP contribution in [0.25, 0.3) is 0 Å². The Hall–Kier alpha value is -3.24. The Balaban J connectivity index is 1.74. The van der Waals surface area contributed by atoms with Crippen molar-refractivity contribution in [3.05, 3.63) is 59.7 Å². The van der Waals surface area contributed by atoms with Crippen molar-refractivity contribution in [2.75, 3.05) is 31.5 Å². The molecule has 1 aliphatic rings. The Labute approximate surface area is 174 Å². The van der Waals surface area contributed by atoms with Gasteiger partial charge in [-0.15, -0.1) is 0 Å². The number of rotatable bonds is 5. The van der Waals surface area contributed by atoms with Crippen molar-refractivity contribution in [1.29, 1.82) is 0 Å². The number of hydrogen-bond acceptors (Lipinski definition) is 5. The minimum Gasteiger partial charge on any atom is -0.478 e. The van der Waals surface area contributed by atoms with Gasteiger partial charge in [-0.1, -0.05) is 6.07 Å². The van der Waals surface area contributed by atoms with Gasteiger partial charge in [0.25, 0.3) is 5.91 Å². The molecule has 0 spiro atoms. The molecular formula is C20H21N3O6S. The number of amides is 2. The molecule has 1 fully saturated rings. The second kappa shape index (κ2) is 8.64. The van der Waals surface area contributed by atoms with E-state index >= 15 is 0 Å². The minimum atomic E-state index is -3.81. The van der Waals surface area contributed by atoms with E-state index in [1.54, 1.807) is 4.90 Å². The molecule has 1 saturated heterocycles. The molecule has 1 aliphatic heterocycles. The van der Waals surface area contributed by atoms with Crippen LogP contribution in [0.3, 0.4) is 0 Å². The van der Waals surface area contributed by atoms with Gasteiger partial charge in [-0.3, -0.25) is 9.59 Å². The number of carbonyl (C=O) groups excluding carboxylic acids is 2. The number of carbonyl (C=O) groups is 3. The monoisotopic (exact) mass is 431 g/mol. The molecule has 0 unspecified atom stereocenters. The molecule has 158 valence electrons. The molecule has 2 aromatic rings. The maximum Gasteiger partial charge on any atom is 0.335 e. The second-order valence-corrected chi connectivity index (χ2v) is 8.71. The topological polar surface area (TPSA) is 124 Å². The largest absolute Gasteiger partial charge is 0.478 e. The molecule has 0 radical (unpaired) electrons. The van der Waals surface area contributed by atoms with E-state index in [2.05, 4.69) is 5.32 Å². The number of sulfonamides is 1. The van der Waals surface area contributed by atoms with Crippen LogP contribution in [0.1, 0.15) is 27.6 Å². The molecule has 0 atom stereocenters. The smallest absolute Gasteiger partial charge is 0.335 e. The lowest BCUT2D eigenvalue weighted by Crippen LogP contribution is -2.49. The van der Waals surface area contributed by atoms with Gasteiger partial charge in [0.1, 0.15) is 0 Å². The van der Waals surface area contributed by atoms with Crippen molar-refractivity contribution in [1.82, 2.24) is 9.21 Å². The van der Waals surface area contributed by atoms with E-state index in [0.29, 0.717) is 18.8 Å². The highest BCUT2D eigenvalue weighted by Gasteiger charge is 2.29. The zero-order valence-corrected chi connectivity index (χ0v) is 17.1. The molecule has 2 N–H and O–H groups in total. The van der Waals surface area contributed by atoms with E-state index in [1.165, 1.54) is 59.8 Å². The van der Waals surface area contributed by atoms with Crippen LogP contribution < -0.4 is 5.32 Å². The summed E-state index contributed by atoms with van der Waals surface area (Å²) in [5, 5.41) is 11.5. The highest BCUT2D eigenvalue weighted by atomic mass is 32.2. The Morgan fingerprint density at radius 2 is 1.57 bits per heavy atom. The van der Waals surface area contributed by atoms with E-state index in [4.69, 9.17) is 5.11 Å². The molecule has 0 saturated carbocycles. The fourth-order valence-corrected chi connectivity index (χ4v) is 4.56. The molecular weight excluding hydrogens is 410 g/mol.